The van der Waals surface area contributed by atoms with E-state index in [1.807, 2.05) is 11.1 Å². The van der Waals surface area contributed by atoms with E-state index in [1.165, 1.54) is 12.8 Å². The highest BCUT2D eigenvalue weighted by molar-refractivity contribution is 5.95. The molecule has 1 saturated heterocycles. The van der Waals surface area contributed by atoms with Crippen LogP contribution in [0.15, 0.2) is 24.5 Å². The van der Waals surface area contributed by atoms with Gasteiger partial charge < -0.3 is 14.4 Å². The average Bonchev–Trinajstić information content (AvgIpc) is 3.49. The highest BCUT2D eigenvalue weighted by atomic mass is 16.5. The van der Waals surface area contributed by atoms with Crippen LogP contribution >= 0.6 is 0 Å². The number of anilines is 1. The van der Waals surface area contributed by atoms with E-state index in [0.29, 0.717) is 18.6 Å². The van der Waals surface area contributed by atoms with Gasteiger partial charge in [-0.1, -0.05) is 0 Å². The van der Waals surface area contributed by atoms with Gasteiger partial charge in [0.2, 0.25) is 5.91 Å². The summed E-state index contributed by atoms with van der Waals surface area (Å²) in [5, 5.41) is 4.59. The van der Waals surface area contributed by atoms with E-state index in [1.54, 1.807) is 6.92 Å². The number of carbonyl (C=O) groups excluding carboxylic acids is 1. The minimum absolute atomic E-state index is 0.0909. The van der Waals surface area contributed by atoms with Gasteiger partial charge in [0.15, 0.2) is 0 Å². The Morgan fingerprint density at radius 1 is 1.20 bits per heavy atom. The summed E-state index contributed by atoms with van der Waals surface area (Å²) in [4.78, 5) is 14.3. The molecule has 160 valence electrons. The first-order chi connectivity index (χ1) is 14.6. The molecule has 3 heterocycles. The van der Waals surface area contributed by atoms with Crippen molar-refractivity contribution in [3.8, 4) is 16.9 Å². The van der Waals surface area contributed by atoms with Crippen molar-refractivity contribution in [2.24, 2.45) is 5.92 Å². The SMILES string of the molecule is CC(=O)N1c2ccc(-c3cnn(C4CC4)c3)c(OCC3CCOCC3)c2CC[C@@H]1C. The van der Waals surface area contributed by atoms with Gasteiger partial charge in [0.05, 0.1) is 24.5 Å². The smallest absolute Gasteiger partial charge is 0.224 e. The van der Waals surface area contributed by atoms with Gasteiger partial charge in [-0.05, 0) is 63.5 Å². The van der Waals surface area contributed by atoms with Crippen LogP contribution in [0.25, 0.3) is 11.1 Å². The van der Waals surface area contributed by atoms with Gasteiger partial charge in [0.25, 0.3) is 0 Å². The van der Waals surface area contributed by atoms with Crippen molar-refractivity contribution in [3.63, 3.8) is 0 Å². The predicted molar refractivity (Wildman–Crippen MR) is 116 cm³/mol. The molecule has 1 saturated carbocycles. The number of ether oxygens (including phenoxy) is 2. The molecule has 1 aliphatic carbocycles. The van der Waals surface area contributed by atoms with Crippen LogP contribution in [-0.2, 0) is 16.0 Å². The zero-order valence-electron chi connectivity index (χ0n) is 18.0. The molecule has 1 aromatic carbocycles. The van der Waals surface area contributed by atoms with E-state index >= 15 is 0 Å². The van der Waals surface area contributed by atoms with Crippen LogP contribution in [-0.4, -0.2) is 41.6 Å². The van der Waals surface area contributed by atoms with Crippen LogP contribution in [0.2, 0.25) is 0 Å². The van der Waals surface area contributed by atoms with Crippen LogP contribution < -0.4 is 9.64 Å². The summed E-state index contributed by atoms with van der Waals surface area (Å²) in [6.45, 7) is 6.11. The van der Waals surface area contributed by atoms with Gasteiger partial charge in [0, 0.05) is 49.1 Å². The van der Waals surface area contributed by atoms with Crippen LogP contribution in [0, 0.1) is 5.92 Å². The maximum absolute atomic E-state index is 12.4. The Balaban J connectivity index is 1.52. The average molecular weight is 410 g/mol. The molecular weight excluding hydrogens is 378 g/mol. The molecule has 6 heteroatoms. The Kier molecular flexibility index (Phi) is 5.27. The Labute approximate surface area is 178 Å². The zero-order valence-corrected chi connectivity index (χ0v) is 18.0. The third-order valence-corrected chi connectivity index (χ3v) is 6.73. The summed E-state index contributed by atoms with van der Waals surface area (Å²) in [6.07, 6.45) is 10.5. The van der Waals surface area contributed by atoms with Gasteiger partial charge in [-0.2, -0.15) is 5.10 Å². The minimum Gasteiger partial charge on any atom is -0.492 e. The zero-order chi connectivity index (χ0) is 20.7. The molecule has 0 spiro atoms. The number of fused-ring (bicyclic) bond motifs is 1. The van der Waals surface area contributed by atoms with Crippen molar-refractivity contribution < 1.29 is 14.3 Å². The van der Waals surface area contributed by atoms with E-state index in [9.17, 15) is 4.79 Å². The molecule has 6 nitrogen and oxygen atoms in total. The molecule has 5 rings (SSSR count). The van der Waals surface area contributed by atoms with E-state index in [2.05, 4.69) is 35.0 Å². The molecule has 2 aromatic rings. The number of nitrogens with zero attached hydrogens (tertiary/aromatic N) is 3. The van der Waals surface area contributed by atoms with Gasteiger partial charge >= 0.3 is 0 Å². The van der Waals surface area contributed by atoms with E-state index in [0.717, 1.165) is 67.0 Å². The van der Waals surface area contributed by atoms with Crippen LogP contribution in [0.1, 0.15) is 57.6 Å². The second-order valence-corrected chi connectivity index (χ2v) is 9.02. The van der Waals surface area contributed by atoms with Crippen molar-refractivity contribution in [3.05, 3.63) is 30.1 Å². The number of benzene rings is 1. The van der Waals surface area contributed by atoms with Crippen molar-refractivity contribution in [2.45, 2.75) is 64.5 Å². The van der Waals surface area contributed by atoms with Crippen molar-refractivity contribution in [2.75, 3.05) is 24.7 Å². The van der Waals surface area contributed by atoms with Crippen molar-refractivity contribution in [1.29, 1.82) is 0 Å². The predicted octanol–water partition coefficient (Wildman–Crippen LogP) is 4.38. The number of amides is 1. The third kappa shape index (κ3) is 3.73. The molecule has 0 bridgehead atoms. The summed E-state index contributed by atoms with van der Waals surface area (Å²) in [7, 11) is 0. The largest absolute Gasteiger partial charge is 0.492 e. The molecule has 2 fully saturated rings. The second-order valence-electron chi connectivity index (χ2n) is 9.02. The third-order valence-electron chi connectivity index (χ3n) is 6.73. The molecule has 0 unspecified atom stereocenters. The maximum atomic E-state index is 12.4. The lowest BCUT2D eigenvalue weighted by atomic mass is 9.92. The quantitative estimate of drug-likeness (QED) is 0.735. The number of hydrogen-bond donors (Lipinski definition) is 0. The lowest BCUT2D eigenvalue weighted by Crippen LogP contribution is -2.40. The minimum atomic E-state index is 0.0909. The van der Waals surface area contributed by atoms with Crippen molar-refractivity contribution >= 4 is 11.6 Å². The Bertz CT molecular complexity index is 928. The normalized spacial score (nSPS) is 22.1. The van der Waals surface area contributed by atoms with E-state index in [-0.39, 0.29) is 11.9 Å². The first-order valence-electron chi connectivity index (χ1n) is 11.3. The highest BCUT2D eigenvalue weighted by Gasteiger charge is 2.31. The molecule has 3 aliphatic rings. The number of hydrogen-bond acceptors (Lipinski definition) is 4. The van der Waals surface area contributed by atoms with Gasteiger partial charge in [0.1, 0.15) is 5.75 Å². The fourth-order valence-electron chi connectivity index (χ4n) is 4.81. The number of carbonyl (C=O) groups is 1. The summed E-state index contributed by atoms with van der Waals surface area (Å²) in [5.41, 5.74) is 4.35. The molecule has 30 heavy (non-hydrogen) atoms. The first-order valence-corrected chi connectivity index (χ1v) is 11.3. The van der Waals surface area contributed by atoms with Gasteiger partial charge in [-0.25, -0.2) is 0 Å². The van der Waals surface area contributed by atoms with E-state index < -0.39 is 0 Å². The summed E-state index contributed by atoms with van der Waals surface area (Å²) in [5.74, 6) is 1.55. The van der Waals surface area contributed by atoms with Crippen LogP contribution in [0.4, 0.5) is 5.69 Å². The topological polar surface area (TPSA) is 56.6 Å². The summed E-state index contributed by atoms with van der Waals surface area (Å²) < 4.78 is 14.1. The molecular formula is C24H31N3O3. The van der Waals surface area contributed by atoms with Crippen LogP contribution in [0.5, 0.6) is 5.75 Å². The molecule has 2 aliphatic heterocycles. The molecule has 0 radical (unpaired) electrons. The van der Waals surface area contributed by atoms with Gasteiger partial charge in [-0.15, -0.1) is 0 Å². The fraction of sp³-hybridized carbons (Fsp3) is 0.583. The maximum Gasteiger partial charge on any atom is 0.224 e. The summed E-state index contributed by atoms with van der Waals surface area (Å²) in [6, 6.07) is 4.97. The Morgan fingerprint density at radius 3 is 2.73 bits per heavy atom. The number of rotatable bonds is 5. The second kappa shape index (κ2) is 8.06. The molecule has 1 amide bonds. The fourth-order valence-corrected chi connectivity index (χ4v) is 4.81. The number of aromatic nitrogens is 2. The Hall–Kier alpha value is -2.34. The van der Waals surface area contributed by atoms with Crippen LogP contribution in [0.3, 0.4) is 0 Å². The Morgan fingerprint density at radius 2 is 2.00 bits per heavy atom. The summed E-state index contributed by atoms with van der Waals surface area (Å²) >= 11 is 0. The standard InChI is InChI=1S/C24H31N3O3/c1-16-3-6-22-23(27(16)17(2)28)8-7-21(19-13-25-26(14-19)20-4-5-20)24(22)30-15-18-9-11-29-12-10-18/h7-8,13-14,16,18,20H,3-6,9-12,15H2,1-2H3/t16-/m0/s1. The highest BCUT2D eigenvalue weighted by Crippen LogP contribution is 2.44. The monoisotopic (exact) mass is 409 g/mol. The lowest BCUT2D eigenvalue weighted by Gasteiger charge is -2.36. The van der Waals surface area contributed by atoms with Gasteiger partial charge in [-0.3, -0.25) is 9.48 Å². The molecule has 0 N–H and O–H groups in total. The molecule has 1 atom stereocenters. The first kappa shape index (κ1) is 19.6. The molecule has 1 aromatic heterocycles. The lowest BCUT2D eigenvalue weighted by molar-refractivity contribution is -0.117. The van der Waals surface area contributed by atoms with Crippen molar-refractivity contribution in [1.82, 2.24) is 9.78 Å². The van der Waals surface area contributed by atoms with E-state index in [4.69, 9.17) is 9.47 Å².